The molecular weight excluding hydrogens is 433 g/mol. The first kappa shape index (κ1) is 24.1. The van der Waals surface area contributed by atoms with E-state index < -0.39 is 16.9 Å². The predicted octanol–water partition coefficient (Wildman–Crippen LogP) is 5.15. The Labute approximate surface area is 200 Å². The summed E-state index contributed by atoms with van der Waals surface area (Å²) in [5.74, 6) is -0.417. The quantitative estimate of drug-likeness (QED) is 0.612. The van der Waals surface area contributed by atoms with Crippen molar-refractivity contribution in [2.24, 2.45) is 11.3 Å². The molecule has 0 saturated heterocycles. The van der Waals surface area contributed by atoms with Gasteiger partial charge in [-0.2, -0.15) is 0 Å². The van der Waals surface area contributed by atoms with Crippen LogP contribution < -0.4 is 5.32 Å². The molecule has 180 valence electrons. The Balaban J connectivity index is 1.85. The van der Waals surface area contributed by atoms with Crippen molar-refractivity contribution in [3.8, 4) is 11.1 Å². The fourth-order valence-electron chi connectivity index (χ4n) is 4.74. The van der Waals surface area contributed by atoms with E-state index in [2.05, 4.69) is 5.32 Å². The maximum Gasteiger partial charge on any atom is 0.316 e. The van der Waals surface area contributed by atoms with Gasteiger partial charge in [-0.1, -0.05) is 24.3 Å². The molecule has 1 amide bonds. The van der Waals surface area contributed by atoms with Crippen LogP contribution in [0.25, 0.3) is 16.7 Å². The zero-order valence-corrected chi connectivity index (χ0v) is 20.2. The number of hydrogen-bond donors (Lipinski definition) is 2. The van der Waals surface area contributed by atoms with Gasteiger partial charge in [-0.3, -0.25) is 9.59 Å². The highest BCUT2D eigenvalue weighted by Crippen LogP contribution is 2.46. The molecular formula is C28H32FNO4. The third-order valence-corrected chi connectivity index (χ3v) is 6.95. The normalized spacial score (nSPS) is 22.8. The van der Waals surface area contributed by atoms with Crippen molar-refractivity contribution in [3.05, 3.63) is 65.2 Å². The monoisotopic (exact) mass is 465 g/mol. The molecule has 0 aromatic heterocycles. The highest BCUT2D eigenvalue weighted by molar-refractivity contribution is 6.24. The molecule has 2 aliphatic rings. The first-order valence-electron chi connectivity index (χ1n) is 11.8. The summed E-state index contributed by atoms with van der Waals surface area (Å²) in [5.41, 5.74) is 2.11. The lowest BCUT2D eigenvalue weighted by molar-refractivity contribution is -0.150. The van der Waals surface area contributed by atoms with Crippen molar-refractivity contribution in [1.82, 2.24) is 5.32 Å². The maximum absolute atomic E-state index is 13.4. The van der Waals surface area contributed by atoms with Gasteiger partial charge in [-0.05, 0) is 99.7 Å². The van der Waals surface area contributed by atoms with Gasteiger partial charge in [0.1, 0.15) is 11.6 Å². The van der Waals surface area contributed by atoms with Crippen LogP contribution in [-0.4, -0.2) is 29.1 Å². The van der Waals surface area contributed by atoms with Crippen molar-refractivity contribution in [2.45, 2.75) is 58.9 Å². The Hall–Kier alpha value is -2.99. The third kappa shape index (κ3) is 4.51. The number of carbonyl (C=O) groups is 2. The van der Waals surface area contributed by atoms with E-state index in [1.54, 1.807) is 32.9 Å². The molecule has 1 saturated carbocycles. The second-order valence-electron chi connectivity index (χ2n) is 10.5. The Kier molecular flexibility index (Phi) is 6.38. The second kappa shape index (κ2) is 8.99. The number of rotatable bonds is 4. The molecule has 6 heteroatoms. The van der Waals surface area contributed by atoms with Crippen molar-refractivity contribution >= 4 is 17.4 Å². The zero-order chi connectivity index (χ0) is 24.7. The number of hydrogen-bond acceptors (Lipinski definition) is 4. The number of ether oxygens (including phenoxy) is 1. The Morgan fingerprint density at radius 3 is 2.32 bits per heavy atom. The second-order valence-corrected chi connectivity index (χ2v) is 10.5. The van der Waals surface area contributed by atoms with E-state index in [0.717, 1.165) is 29.5 Å². The summed E-state index contributed by atoms with van der Waals surface area (Å²) in [6.07, 6.45) is 2.65. The number of aryl methyl sites for hydroxylation is 1. The van der Waals surface area contributed by atoms with Gasteiger partial charge >= 0.3 is 5.97 Å². The lowest BCUT2D eigenvalue weighted by Crippen LogP contribution is -2.48. The van der Waals surface area contributed by atoms with Gasteiger partial charge in [-0.25, -0.2) is 4.39 Å². The minimum absolute atomic E-state index is 0.108. The minimum Gasteiger partial charge on any atom is -0.427 e. The number of amides is 1. The fourth-order valence-corrected chi connectivity index (χ4v) is 4.74. The zero-order valence-electron chi connectivity index (χ0n) is 20.2. The van der Waals surface area contributed by atoms with E-state index >= 15 is 0 Å². The topological polar surface area (TPSA) is 75.6 Å². The van der Waals surface area contributed by atoms with Gasteiger partial charge in [-0.15, -0.1) is 0 Å². The number of nitrogens with one attached hydrogen (secondary N) is 1. The molecule has 34 heavy (non-hydrogen) atoms. The highest BCUT2D eigenvalue weighted by Gasteiger charge is 2.50. The van der Waals surface area contributed by atoms with E-state index in [-0.39, 0.29) is 24.2 Å². The molecule has 1 fully saturated rings. The standard InChI is InChI=1S/C28H32FNO4/c1-17-5-6-20(19-7-9-21(29)10-8-19)15-22(17)23-24(34-26(33)27(2,3)4)28(30-25(23)32)13-11-18(16-31)12-14-28/h5-10,15,18,31H,11-14,16H2,1-4H3,(H,30,32)/t18-,28+. The van der Waals surface area contributed by atoms with Crippen molar-refractivity contribution in [1.29, 1.82) is 0 Å². The summed E-state index contributed by atoms with van der Waals surface area (Å²) in [6.45, 7) is 7.39. The largest absolute Gasteiger partial charge is 0.427 e. The fraction of sp³-hybridized carbons (Fsp3) is 0.429. The summed E-state index contributed by atoms with van der Waals surface area (Å²) in [7, 11) is 0. The van der Waals surface area contributed by atoms with Gasteiger partial charge < -0.3 is 15.2 Å². The summed E-state index contributed by atoms with van der Waals surface area (Å²) in [5, 5.41) is 12.7. The van der Waals surface area contributed by atoms with E-state index in [1.165, 1.54) is 12.1 Å². The van der Waals surface area contributed by atoms with Crippen LogP contribution in [0.1, 0.15) is 57.6 Å². The highest BCUT2D eigenvalue weighted by atomic mass is 19.1. The summed E-state index contributed by atoms with van der Waals surface area (Å²) in [6, 6.07) is 12.0. The molecule has 5 nitrogen and oxygen atoms in total. The minimum atomic E-state index is -0.767. The first-order chi connectivity index (χ1) is 16.0. The van der Waals surface area contributed by atoms with E-state index in [0.29, 0.717) is 29.7 Å². The molecule has 1 aliphatic heterocycles. The van der Waals surface area contributed by atoms with Crippen LogP contribution in [0.4, 0.5) is 4.39 Å². The van der Waals surface area contributed by atoms with Crippen LogP contribution in [-0.2, 0) is 14.3 Å². The Morgan fingerprint density at radius 2 is 1.74 bits per heavy atom. The molecule has 1 heterocycles. The summed E-state index contributed by atoms with van der Waals surface area (Å²) >= 11 is 0. The van der Waals surface area contributed by atoms with E-state index in [4.69, 9.17) is 4.74 Å². The predicted molar refractivity (Wildman–Crippen MR) is 129 cm³/mol. The van der Waals surface area contributed by atoms with Gasteiger partial charge in [0.05, 0.1) is 16.5 Å². The van der Waals surface area contributed by atoms with E-state index in [1.807, 2.05) is 25.1 Å². The lowest BCUT2D eigenvalue weighted by atomic mass is 9.75. The van der Waals surface area contributed by atoms with Crippen LogP contribution in [0.5, 0.6) is 0 Å². The van der Waals surface area contributed by atoms with Gasteiger partial charge in [0.25, 0.3) is 5.91 Å². The van der Waals surface area contributed by atoms with Crippen molar-refractivity contribution in [2.75, 3.05) is 6.61 Å². The van der Waals surface area contributed by atoms with Gasteiger partial charge in [0, 0.05) is 6.61 Å². The molecule has 2 aromatic rings. The van der Waals surface area contributed by atoms with Crippen molar-refractivity contribution in [3.63, 3.8) is 0 Å². The molecule has 0 bridgehead atoms. The third-order valence-electron chi connectivity index (χ3n) is 6.95. The summed E-state index contributed by atoms with van der Waals surface area (Å²) < 4.78 is 19.5. The molecule has 1 aliphatic carbocycles. The SMILES string of the molecule is Cc1ccc(-c2ccc(F)cc2)cc1C1=C(OC(=O)C(C)(C)C)[C@]2(CC[C@H](CO)CC2)NC1=O. The average Bonchev–Trinajstić information content (AvgIpc) is 3.05. The number of halogens is 1. The van der Waals surface area contributed by atoms with Crippen molar-refractivity contribution < 1.29 is 23.8 Å². The van der Waals surface area contributed by atoms with Crippen LogP contribution >= 0.6 is 0 Å². The van der Waals surface area contributed by atoms with E-state index in [9.17, 15) is 19.1 Å². The van der Waals surface area contributed by atoms with Gasteiger partial charge in [0.2, 0.25) is 0 Å². The average molecular weight is 466 g/mol. The summed E-state index contributed by atoms with van der Waals surface area (Å²) in [4.78, 5) is 26.4. The van der Waals surface area contributed by atoms with Gasteiger partial charge in [0.15, 0.2) is 0 Å². The molecule has 4 rings (SSSR count). The molecule has 0 atom stereocenters. The molecule has 0 unspecified atom stereocenters. The van der Waals surface area contributed by atoms with Crippen LogP contribution in [0, 0.1) is 24.1 Å². The molecule has 2 aromatic carbocycles. The smallest absolute Gasteiger partial charge is 0.316 e. The van der Waals surface area contributed by atoms with Crippen LogP contribution in [0.3, 0.4) is 0 Å². The first-order valence-corrected chi connectivity index (χ1v) is 11.8. The van der Waals surface area contributed by atoms with Crippen LogP contribution in [0.15, 0.2) is 48.2 Å². The number of esters is 1. The van der Waals surface area contributed by atoms with Crippen LogP contribution in [0.2, 0.25) is 0 Å². The number of aliphatic hydroxyl groups excluding tert-OH is 1. The Morgan fingerprint density at radius 1 is 1.12 bits per heavy atom. The number of aliphatic hydroxyl groups is 1. The molecule has 0 radical (unpaired) electrons. The molecule has 1 spiro atoms. The molecule has 2 N–H and O–H groups in total. The maximum atomic E-state index is 13.4. The lowest BCUT2D eigenvalue weighted by Gasteiger charge is -2.38. The number of benzene rings is 2. The number of carbonyl (C=O) groups excluding carboxylic acids is 2. The Bertz CT molecular complexity index is 1140.